The lowest BCUT2D eigenvalue weighted by atomic mass is 9.83. The van der Waals surface area contributed by atoms with Crippen LogP contribution in [0, 0.1) is 5.92 Å². The predicted molar refractivity (Wildman–Crippen MR) is 90.0 cm³/mol. The SMILES string of the molecule is CCCCCCCC(C)(CN)N(C)C1CCCC(C)C1. The van der Waals surface area contributed by atoms with E-state index in [1.807, 2.05) is 0 Å². The Morgan fingerprint density at radius 3 is 2.45 bits per heavy atom. The van der Waals surface area contributed by atoms with Gasteiger partial charge in [-0.25, -0.2) is 0 Å². The van der Waals surface area contributed by atoms with Crippen LogP contribution in [0.15, 0.2) is 0 Å². The fourth-order valence-corrected chi connectivity index (χ4v) is 3.73. The average molecular weight is 283 g/mol. The second kappa shape index (κ2) is 9.04. The van der Waals surface area contributed by atoms with E-state index in [0.717, 1.165) is 18.5 Å². The molecule has 2 N–H and O–H groups in total. The Balaban J connectivity index is 2.44. The van der Waals surface area contributed by atoms with Crippen molar-refractivity contribution in [3.8, 4) is 0 Å². The normalized spacial score (nSPS) is 26.7. The van der Waals surface area contributed by atoms with Gasteiger partial charge in [-0.05, 0) is 39.2 Å². The lowest BCUT2D eigenvalue weighted by Crippen LogP contribution is -2.54. The first-order chi connectivity index (χ1) is 9.53. The summed E-state index contributed by atoms with van der Waals surface area (Å²) in [6, 6.07) is 0.753. The predicted octanol–water partition coefficient (Wildman–Crippen LogP) is 4.57. The summed E-state index contributed by atoms with van der Waals surface area (Å²) in [5.74, 6) is 0.891. The molecule has 3 unspecified atom stereocenters. The van der Waals surface area contributed by atoms with Crippen LogP contribution >= 0.6 is 0 Å². The zero-order valence-corrected chi connectivity index (χ0v) is 14.5. The molecule has 0 amide bonds. The molecule has 0 radical (unpaired) electrons. The summed E-state index contributed by atoms with van der Waals surface area (Å²) in [5, 5.41) is 0. The van der Waals surface area contributed by atoms with Gasteiger partial charge in [-0.3, -0.25) is 4.90 Å². The first-order valence-electron chi connectivity index (χ1n) is 8.96. The molecule has 1 fully saturated rings. The standard InChI is InChI=1S/C18H38N2/c1-5-6-7-8-9-13-18(3,15-19)20(4)17-12-10-11-16(2)14-17/h16-17H,5-15,19H2,1-4H3. The Labute approximate surface area is 127 Å². The van der Waals surface area contributed by atoms with Gasteiger partial charge in [-0.1, -0.05) is 58.8 Å². The fourth-order valence-electron chi connectivity index (χ4n) is 3.73. The van der Waals surface area contributed by atoms with Gasteiger partial charge in [0.1, 0.15) is 0 Å². The van der Waals surface area contributed by atoms with E-state index in [0.29, 0.717) is 0 Å². The highest BCUT2D eigenvalue weighted by Crippen LogP contribution is 2.32. The average Bonchev–Trinajstić information content (AvgIpc) is 2.46. The van der Waals surface area contributed by atoms with Crippen LogP contribution in [-0.4, -0.2) is 30.1 Å². The molecule has 1 aliphatic rings. The molecule has 0 aromatic rings. The van der Waals surface area contributed by atoms with Crippen molar-refractivity contribution in [1.29, 1.82) is 0 Å². The Morgan fingerprint density at radius 2 is 1.85 bits per heavy atom. The summed E-state index contributed by atoms with van der Waals surface area (Å²) >= 11 is 0. The van der Waals surface area contributed by atoms with Crippen LogP contribution in [-0.2, 0) is 0 Å². The third-order valence-electron chi connectivity index (χ3n) is 5.57. The number of hydrogen-bond donors (Lipinski definition) is 1. The van der Waals surface area contributed by atoms with Crippen molar-refractivity contribution in [2.24, 2.45) is 11.7 Å². The Kier molecular flexibility index (Phi) is 8.13. The lowest BCUT2D eigenvalue weighted by Gasteiger charge is -2.45. The van der Waals surface area contributed by atoms with Crippen LogP contribution in [0.2, 0.25) is 0 Å². The van der Waals surface area contributed by atoms with E-state index < -0.39 is 0 Å². The Bertz CT molecular complexity index is 254. The molecule has 120 valence electrons. The van der Waals surface area contributed by atoms with E-state index in [1.165, 1.54) is 64.2 Å². The largest absolute Gasteiger partial charge is 0.329 e. The summed E-state index contributed by atoms with van der Waals surface area (Å²) in [7, 11) is 2.32. The minimum atomic E-state index is 0.202. The van der Waals surface area contributed by atoms with Crippen molar-refractivity contribution in [1.82, 2.24) is 4.90 Å². The molecule has 0 aromatic carbocycles. The van der Waals surface area contributed by atoms with Crippen LogP contribution in [0.5, 0.6) is 0 Å². The second-order valence-electron chi connectivity index (χ2n) is 7.40. The molecule has 0 saturated heterocycles. The number of nitrogens with two attached hydrogens (primary N) is 1. The third kappa shape index (κ3) is 5.37. The molecule has 3 atom stereocenters. The Hall–Kier alpha value is -0.0800. The van der Waals surface area contributed by atoms with Crippen molar-refractivity contribution in [2.45, 2.75) is 96.6 Å². The summed E-state index contributed by atoms with van der Waals surface area (Å²) in [6.45, 7) is 7.86. The molecule has 1 rings (SSSR count). The number of unbranched alkanes of at least 4 members (excludes halogenated alkanes) is 4. The molecular weight excluding hydrogens is 244 g/mol. The highest BCUT2D eigenvalue weighted by molar-refractivity contribution is 4.91. The van der Waals surface area contributed by atoms with E-state index in [4.69, 9.17) is 5.73 Å². The summed E-state index contributed by atoms with van der Waals surface area (Å²) < 4.78 is 0. The molecule has 2 nitrogen and oxygen atoms in total. The minimum Gasteiger partial charge on any atom is -0.329 e. The summed E-state index contributed by atoms with van der Waals surface area (Å²) in [4.78, 5) is 2.63. The number of hydrogen-bond acceptors (Lipinski definition) is 2. The lowest BCUT2D eigenvalue weighted by molar-refractivity contribution is 0.0511. The first-order valence-corrected chi connectivity index (χ1v) is 8.96. The van der Waals surface area contributed by atoms with Crippen molar-refractivity contribution < 1.29 is 0 Å². The van der Waals surface area contributed by atoms with Gasteiger partial charge in [0.15, 0.2) is 0 Å². The first kappa shape index (κ1) is 18.0. The molecule has 1 aliphatic carbocycles. The number of rotatable bonds is 9. The summed E-state index contributed by atoms with van der Waals surface area (Å²) in [5.41, 5.74) is 6.35. The van der Waals surface area contributed by atoms with Crippen molar-refractivity contribution in [2.75, 3.05) is 13.6 Å². The maximum Gasteiger partial charge on any atom is 0.0303 e. The molecule has 20 heavy (non-hydrogen) atoms. The number of likely N-dealkylation sites (N-methyl/N-ethyl adjacent to an activating group) is 1. The van der Waals surface area contributed by atoms with Gasteiger partial charge in [-0.15, -0.1) is 0 Å². The smallest absolute Gasteiger partial charge is 0.0303 e. The highest BCUT2D eigenvalue weighted by Gasteiger charge is 2.33. The van der Waals surface area contributed by atoms with Crippen LogP contribution in [0.4, 0.5) is 0 Å². The molecule has 0 heterocycles. The topological polar surface area (TPSA) is 29.3 Å². The molecule has 0 bridgehead atoms. The van der Waals surface area contributed by atoms with Crippen molar-refractivity contribution in [3.63, 3.8) is 0 Å². The van der Waals surface area contributed by atoms with Gasteiger partial charge < -0.3 is 5.73 Å². The maximum atomic E-state index is 6.15. The molecule has 0 aliphatic heterocycles. The van der Waals surface area contributed by atoms with Crippen molar-refractivity contribution >= 4 is 0 Å². The maximum absolute atomic E-state index is 6.15. The van der Waals surface area contributed by atoms with Crippen LogP contribution in [0.1, 0.15) is 85.0 Å². The Morgan fingerprint density at radius 1 is 1.15 bits per heavy atom. The molecule has 2 heteroatoms. The van der Waals surface area contributed by atoms with Gasteiger partial charge >= 0.3 is 0 Å². The molecule has 1 saturated carbocycles. The molecular formula is C18H38N2. The molecule has 0 aromatic heterocycles. The van der Waals surface area contributed by atoms with Gasteiger partial charge in [0.2, 0.25) is 0 Å². The van der Waals surface area contributed by atoms with Crippen LogP contribution < -0.4 is 5.73 Å². The van der Waals surface area contributed by atoms with Gasteiger partial charge in [0, 0.05) is 18.1 Å². The number of nitrogens with zero attached hydrogens (tertiary/aromatic N) is 1. The van der Waals surface area contributed by atoms with Gasteiger partial charge in [0.25, 0.3) is 0 Å². The van der Waals surface area contributed by atoms with Crippen LogP contribution in [0.3, 0.4) is 0 Å². The van der Waals surface area contributed by atoms with Gasteiger partial charge in [-0.2, -0.15) is 0 Å². The minimum absolute atomic E-state index is 0.202. The summed E-state index contributed by atoms with van der Waals surface area (Å²) in [6.07, 6.45) is 13.6. The van der Waals surface area contributed by atoms with E-state index in [2.05, 4.69) is 32.7 Å². The quantitative estimate of drug-likeness (QED) is 0.627. The zero-order valence-electron chi connectivity index (χ0n) is 14.5. The highest BCUT2D eigenvalue weighted by atomic mass is 15.2. The van der Waals surface area contributed by atoms with Crippen LogP contribution in [0.25, 0.3) is 0 Å². The van der Waals surface area contributed by atoms with Gasteiger partial charge in [0.05, 0.1) is 0 Å². The second-order valence-corrected chi connectivity index (χ2v) is 7.40. The van der Waals surface area contributed by atoms with Crippen molar-refractivity contribution in [3.05, 3.63) is 0 Å². The van der Waals surface area contributed by atoms with E-state index in [1.54, 1.807) is 0 Å². The zero-order chi connectivity index (χ0) is 15.0. The molecule has 0 spiro atoms. The van der Waals surface area contributed by atoms with E-state index >= 15 is 0 Å². The fraction of sp³-hybridized carbons (Fsp3) is 1.00. The monoisotopic (exact) mass is 282 g/mol. The van der Waals surface area contributed by atoms with E-state index in [9.17, 15) is 0 Å². The van der Waals surface area contributed by atoms with E-state index in [-0.39, 0.29) is 5.54 Å². The third-order valence-corrected chi connectivity index (χ3v) is 5.57.